The predicted octanol–water partition coefficient (Wildman–Crippen LogP) is 2.40. The van der Waals surface area contributed by atoms with Crippen molar-refractivity contribution in [3.8, 4) is 5.75 Å². The average Bonchev–Trinajstić information content (AvgIpc) is 2.69. The SMILES string of the molecule is COc1ccc(NS(=O)(=O)c2ccc(C(=O)NC3CCCNC3)cc2)cc1.Cl. The second kappa shape index (κ2) is 9.77. The first-order valence-electron chi connectivity index (χ1n) is 8.76. The Kier molecular flexibility index (Phi) is 7.68. The van der Waals surface area contributed by atoms with Crippen molar-refractivity contribution in [3.05, 3.63) is 54.1 Å². The third-order valence-electron chi connectivity index (χ3n) is 4.40. The van der Waals surface area contributed by atoms with Crippen LogP contribution in [0.4, 0.5) is 5.69 Å². The second-order valence-corrected chi connectivity index (χ2v) is 8.06. The van der Waals surface area contributed by atoms with Gasteiger partial charge in [0.1, 0.15) is 5.75 Å². The van der Waals surface area contributed by atoms with E-state index in [9.17, 15) is 13.2 Å². The van der Waals surface area contributed by atoms with Crippen molar-refractivity contribution in [1.82, 2.24) is 10.6 Å². The molecule has 0 saturated carbocycles. The lowest BCUT2D eigenvalue weighted by Crippen LogP contribution is -2.45. The Morgan fingerprint density at radius 1 is 1.11 bits per heavy atom. The molecule has 3 N–H and O–H groups in total. The monoisotopic (exact) mass is 425 g/mol. The number of sulfonamides is 1. The summed E-state index contributed by atoms with van der Waals surface area (Å²) < 4.78 is 32.6. The number of carbonyl (C=O) groups excluding carboxylic acids is 1. The number of benzene rings is 2. The van der Waals surface area contributed by atoms with Gasteiger partial charge in [-0.1, -0.05) is 0 Å². The van der Waals surface area contributed by atoms with Crippen LogP contribution >= 0.6 is 12.4 Å². The Hall–Kier alpha value is -2.29. The molecule has 1 fully saturated rings. The minimum absolute atomic E-state index is 0. The van der Waals surface area contributed by atoms with E-state index in [1.54, 1.807) is 31.4 Å². The van der Waals surface area contributed by atoms with Gasteiger partial charge in [0.15, 0.2) is 0 Å². The highest BCUT2D eigenvalue weighted by Gasteiger charge is 2.18. The summed E-state index contributed by atoms with van der Waals surface area (Å²) in [7, 11) is -2.19. The number of halogens is 1. The zero-order valence-electron chi connectivity index (χ0n) is 15.5. The van der Waals surface area contributed by atoms with Gasteiger partial charge in [0.25, 0.3) is 15.9 Å². The molecular formula is C19H24ClN3O4S. The highest BCUT2D eigenvalue weighted by atomic mass is 35.5. The summed E-state index contributed by atoms with van der Waals surface area (Å²) in [6, 6.07) is 12.6. The summed E-state index contributed by atoms with van der Waals surface area (Å²) in [5.74, 6) is 0.442. The van der Waals surface area contributed by atoms with Crippen molar-refractivity contribution >= 4 is 34.0 Å². The zero-order chi connectivity index (χ0) is 19.3. The van der Waals surface area contributed by atoms with E-state index in [0.29, 0.717) is 17.0 Å². The number of hydrogen-bond donors (Lipinski definition) is 3. The normalized spacial score (nSPS) is 16.5. The molecule has 152 valence electrons. The van der Waals surface area contributed by atoms with Gasteiger partial charge in [-0.05, 0) is 67.9 Å². The summed E-state index contributed by atoms with van der Waals surface area (Å²) in [4.78, 5) is 12.4. The fourth-order valence-corrected chi connectivity index (χ4v) is 3.96. The van der Waals surface area contributed by atoms with Gasteiger partial charge in [0.2, 0.25) is 0 Å². The van der Waals surface area contributed by atoms with Crippen LogP contribution in [0.3, 0.4) is 0 Å². The van der Waals surface area contributed by atoms with Gasteiger partial charge in [0, 0.05) is 23.8 Å². The van der Waals surface area contributed by atoms with Crippen molar-refractivity contribution in [2.45, 2.75) is 23.8 Å². The van der Waals surface area contributed by atoms with Crippen LogP contribution in [-0.4, -0.2) is 40.6 Å². The third-order valence-corrected chi connectivity index (χ3v) is 5.80. The molecule has 3 rings (SSSR count). The maximum atomic E-state index is 12.5. The number of carbonyl (C=O) groups is 1. The van der Waals surface area contributed by atoms with Crippen LogP contribution < -0.4 is 20.1 Å². The topological polar surface area (TPSA) is 96.5 Å². The molecule has 0 spiro atoms. The largest absolute Gasteiger partial charge is 0.497 e. The van der Waals surface area contributed by atoms with Crippen LogP contribution in [0.2, 0.25) is 0 Å². The van der Waals surface area contributed by atoms with Gasteiger partial charge in [-0.15, -0.1) is 12.4 Å². The highest BCUT2D eigenvalue weighted by molar-refractivity contribution is 7.92. The Labute approximate surface area is 171 Å². The van der Waals surface area contributed by atoms with Crippen LogP contribution in [0.1, 0.15) is 23.2 Å². The van der Waals surface area contributed by atoms with Crippen molar-refractivity contribution in [2.75, 3.05) is 24.9 Å². The molecule has 2 aromatic carbocycles. The molecule has 0 aromatic heterocycles. The average molecular weight is 426 g/mol. The van der Waals surface area contributed by atoms with Gasteiger partial charge < -0.3 is 15.4 Å². The lowest BCUT2D eigenvalue weighted by Gasteiger charge is -2.23. The molecule has 1 atom stereocenters. The number of rotatable bonds is 6. The third kappa shape index (κ3) is 5.60. The molecular weight excluding hydrogens is 402 g/mol. The lowest BCUT2D eigenvalue weighted by molar-refractivity contribution is 0.0930. The Bertz CT molecular complexity index is 880. The van der Waals surface area contributed by atoms with E-state index >= 15 is 0 Å². The van der Waals surface area contributed by atoms with Crippen LogP contribution in [0.5, 0.6) is 5.75 Å². The van der Waals surface area contributed by atoms with Crippen molar-refractivity contribution in [2.24, 2.45) is 0 Å². The van der Waals surface area contributed by atoms with E-state index in [4.69, 9.17) is 4.74 Å². The van der Waals surface area contributed by atoms with E-state index in [2.05, 4.69) is 15.4 Å². The molecule has 1 amide bonds. The van der Waals surface area contributed by atoms with Gasteiger partial charge in [-0.2, -0.15) is 0 Å². The summed E-state index contributed by atoms with van der Waals surface area (Å²) in [6.45, 7) is 1.73. The Morgan fingerprint density at radius 3 is 2.36 bits per heavy atom. The molecule has 0 bridgehead atoms. The van der Waals surface area contributed by atoms with Crippen molar-refractivity contribution in [3.63, 3.8) is 0 Å². The first-order valence-corrected chi connectivity index (χ1v) is 10.2. The molecule has 28 heavy (non-hydrogen) atoms. The molecule has 1 heterocycles. The summed E-state index contributed by atoms with van der Waals surface area (Å²) >= 11 is 0. The molecule has 9 heteroatoms. The Balaban J connectivity index is 0.00000280. The number of hydrogen-bond acceptors (Lipinski definition) is 5. The first-order chi connectivity index (χ1) is 13.0. The minimum Gasteiger partial charge on any atom is -0.497 e. The number of anilines is 1. The molecule has 1 unspecified atom stereocenters. The van der Waals surface area contributed by atoms with E-state index in [0.717, 1.165) is 25.9 Å². The maximum absolute atomic E-state index is 12.5. The van der Waals surface area contributed by atoms with Crippen LogP contribution in [0.25, 0.3) is 0 Å². The fourth-order valence-electron chi connectivity index (χ4n) is 2.90. The summed E-state index contributed by atoms with van der Waals surface area (Å²) in [5, 5.41) is 6.21. The molecule has 1 aliphatic heterocycles. The van der Waals surface area contributed by atoms with Crippen LogP contribution in [0.15, 0.2) is 53.4 Å². The van der Waals surface area contributed by atoms with Crippen molar-refractivity contribution in [1.29, 1.82) is 0 Å². The van der Waals surface area contributed by atoms with E-state index in [1.165, 1.54) is 24.3 Å². The maximum Gasteiger partial charge on any atom is 0.261 e. The summed E-state index contributed by atoms with van der Waals surface area (Å²) in [6.07, 6.45) is 1.97. The molecule has 2 aromatic rings. The number of amides is 1. The lowest BCUT2D eigenvalue weighted by atomic mass is 10.1. The molecule has 1 saturated heterocycles. The fraction of sp³-hybridized carbons (Fsp3) is 0.316. The smallest absolute Gasteiger partial charge is 0.261 e. The van der Waals surface area contributed by atoms with E-state index in [-0.39, 0.29) is 29.3 Å². The molecule has 0 aliphatic carbocycles. The predicted molar refractivity (Wildman–Crippen MR) is 111 cm³/mol. The van der Waals surface area contributed by atoms with Gasteiger partial charge in [0.05, 0.1) is 12.0 Å². The minimum atomic E-state index is -3.74. The first kappa shape index (κ1) is 22.0. The van der Waals surface area contributed by atoms with E-state index in [1.807, 2.05) is 0 Å². The quantitative estimate of drug-likeness (QED) is 0.660. The molecule has 1 aliphatic rings. The number of nitrogens with one attached hydrogen (secondary N) is 3. The van der Waals surface area contributed by atoms with Gasteiger partial charge >= 0.3 is 0 Å². The van der Waals surface area contributed by atoms with Crippen molar-refractivity contribution < 1.29 is 17.9 Å². The van der Waals surface area contributed by atoms with E-state index < -0.39 is 10.0 Å². The van der Waals surface area contributed by atoms with Crippen LogP contribution in [0, 0.1) is 0 Å². The highest BCUT2D eigenvalue weighted by Crippen LogP contribution is 2.19. The number of piperidine rings is 1. The number of methoxy groups -OCH3 is 1. The summed E-state index contributed by atoms with van der Waals surface area (Å²) in [5.41, 5.74) is 0.867. The molecule has 7 nitrogen and oxygen atoms in total. The standard InChI is InChI=1S/C19H23N3O4S.ClH/c1-26-17-8-6-15(7-9-17)22-27(24,25)18-10-4-14(5-11-18)19(23)21-16-3-2-12-20-13-16;/h4-11,16,20,22H,2-3,12-13H2,1H3,(H,21,23);1H. The number of ether oxygens (including phenoxy) is 1. The van der Waals surface area contributed by atoms with Gasteiger partial charge in [-0.25, -0.2) is 8.42 Å². The molecule has 0 radical (unpaired) electrons. The second-order valence-electron chi connectivity index (χ2n) is 6.38. The van der Waals surface area contributed by atoms with Crippen LogP contribution in [-0.2, 0) is 10.0 Å². The van der Waals surface area contributed by atoms with Gasteiger partial charge in [-0.3, -0.25) is 9.52 Å². The zero-order valence-corrected chi connectivity index (χ0v) is 17.1. The Morgan fingerprint density at radius 2 is 1.79 bits per heavy atom.